The Morgan fingerprint density at radius 3 is 1.03 bits per heavy atom. The van der Waals surface area contributed by atoms with Gasteiger partial charge < -0.3 is 14.2 Å². The van der Waals surface area contributed by atoms with Crippen molar-refractivity contribution in [1.82, 2.24) is 0 Å². The molecule has 1 atom stereocenters. The lowest BCUT2D eigenvalue weighted by atomic mass is 10.0. The van der Waals surface area contributed by atoms with E-state index in [9.17, 15) is 14.4 Å². The third kappa shape index (κ3) is 46.5. The lowest BCUT2D eigenvalue weighted by molar-refractivity contribution is -0.167. The molecule has 0 radical (unpaired) electrons. The predicted molar refractivity (Wildman–Crippen MR) is 252 cm³/mol. The van der Waals surface area contributed by atoms with Gasteiger partial charge in [-0.05, 0) is 51.4 Å². The molecule has 0 aliphatic heterocycles. The van der Waals surface area contributed by atoms with E-state index in [-0.39, 0.29) is 37.5 Å². The normalized spacial score (nSPS) is 12.3. The maximum absolute atomic E-state index is 12.7. The molecule has 0 aliphatic carbocycles. The topological polar surface area (TPSA) is 78.9 Å². The van der Waals surface area contributed by atoms with Crippen LogP contribution >= 0.6 is 0 Å². The van der Waals surface area contributed by atoms with Crippen molar-refractivity contribution in [2.45, 2.75) is 271 Å². The molecule has 0 aromatic rings. The Morgan fingerprint density at radius 2 is 0.661 bits per heavy atom. The maximum Gasteiger partial charge on any atom is 0.306 e. The van der Waals surface area contributed by atoms with Crippen molar-refractivity contribution < 1.29 is 28.6 Å². The van der Waals surface area contributed by atoms with Crippen LogP contribution in [0.15, 0.2) is 36.5 Å². The molecular formula is C53H96O6. The van der Waals surface area contributed by atoms with Gasteiger partial charge in [0.25, 0.3) is 0 Å². The zero-order chi connectivity index (χ0) is 43.0. The first-order valence-corrected chi connectivity index (χ1v) is 25.5. The van der Waals surface area contributed by atoms with E-state index in [2.05, 4.69) is 57.2 Å². The molecule has 0 spiro atoms. The van der Waals surface area contributed by atoms with Crippen molar-refractivity contribution in [1.29, 1.82) is 0 Å². The molecule has 0 N–H and O–H groups in total. The highest BCUT2D eigenvalue weighted by Gasteiger charge is 2.19. The number of allylic oxidation sites excluding steroid dienone is 6. The number of carbonyl (C=O) groups is 3. The summed E-state index contributed by atoms with van der Waals surface area (Å²) in [5.41, 5.74) is 0. The molecule has 6 nitrogen and oxygen atoms in total. The molecule has 1 unspecified atom stereocenters. The zero-order valence-corrected chi connectivity index (χ0v) is 39.3. The number of hydrogen-bond donors (Lipinski definition) is 0. The molecule has 0 saturated carbocycles. The predicted octanol–water partition coefficient (Wildman–Crippen LogP) is 16.5. The lowest BCUT2D eigenvalue weighted by Gasteiger charge is -2.18. The van der Waals surface area contributed by atoms with E-state index in [1.165, 1.54) is 148 Å². The van der Waals surface area contributed by atoms with E-state index in [0.29, 0.717) is 19.3 Å². The van der Waals surface area contributed by atoms with Crippen LogP contribution in [0.1, 0.15) is 265 Å². The van der Waals surface area contributed by atoms with Crippen LogP contribution < -0.4 is 0 Å². The second-order valence-corrected chi connectivity index (χ2v) is 17.1. The first kappa shape index (κ1) is 56.6. The summed E-state index contributed by atoms with van der Waals surface area (Å²) in [5.74, 6) is -0.914. The number of carbonyl (C=O) groups excluding carboxylic acids is 3. The molecule has 0 heterocycles. The fraction of sp³-hybridized carbons (Fsp3) is 0.830. The summed E-state index contributed by atoms with van der Waals surface area (Å²) in [7, 11) is 0. The smallest absolute Gasteiger partial charge is 0.306 e. The summed E-state index contributed by atoms with van der Waals surface area (Å²) in [5, 5.41) is 0. The fourth-order valence-corrected chi connectivity index (χ4v) is 7.34. The van der Waals surface area contributed by atoms with Gasteiger partial charge in [-0.1, -0.05) is 231 Å². The Hall–Kier alpha value is -2.37. The highest BCUT2D eigenvalue weighted by Crippen LogP contribution is 2.16. The third-order valence-corrected chi connectivity index (χ3v) is 11.2. The van der Waals surface area contributed by atoms with Gasteiger partial charge in [0.2, 0.25) is 0 Å². The first-order valence-electron chi connectivity index (χ1n) is 25.5. The first-order chi connectivity index (χ1) is 29.0. The summed E-state index contributed by atoms with van der Waals surface area (Å²) in [6, 6.07) is 0. The molecule has 0 saturated heterocycles. The number of unbranched alkanes of at least 4 members (excludes halogenated alkanes) is 29. The molecule has 344 valence electrons. The van der Waals surface area contributed by atoms with Gasteiger partial charge in [-0.3, -0.25) is 14.4 Å². The van der Waals surface area contributed by atoms with Crippen LogP contribution in [0.25, 0.3) is 0 Å². The van der Waals surface area contributed by atoms with Crippen molar-refractivity contribution in [2.75, 3.05) is 13.2 Å². The van der Waals surface area contributed by atoms with Crippen LogP contribution in [0.4, 0.5) is 0 Å². The molecule has 0 aliphatic rings. The summed E-state index contributed by atoms with van der Waals surface area (Å²) in [4.78, 5) is 37.8. The summed E-state index contributed by atoms with van der Waals surface area (Å²) < 4.78 is 16.7. The number of rotatable bonds is 46. The molecule has 59 heavy (non-hydrogen) atoms. The van der Waals surface area contributed by atoms with Crippen LogP contribution in [0.2, 0.25) is 0 Å². The van der Waals surface area contributed by atoms with Crippen LogP contribution in [0, 0.1) is 0 Å². The van der Waals surface area contributed by atoms with E-state index >= 15 is 0 Å². The van der Waals surface area contributed by atoms with Gasteiger partial charge in [0.05, 0.1) is 0 Å². The summed E-state index contributed by atoms with van der Waals surface area (Å²) in [6.07, 6.45) is 55.7. The van der Waals surface area contributed by atoms with Crippen molar-refractivity contribution in [3.05, 3.63) is 36.5 Å². The van der Waals surface area contributed by atoms with E-state index in [4.69, 9.17) is 14.2 Å². The van der Waals surface area contributed by atoms with Crippen molar-refractivity contribution >= 4 is 17.9 Å². The Morgan fingerprint density at radius 1 is 0.356 bits per heavy atom. The zero-order valence-electron chi connectivity index (χ0n) is 39.3. The Labute approximate surface area is 365 Å². The monoisotopic (exact) mass is 829 g/mol. The Kier molecular flexibility index (Phi) is 46.4. The Balaban J connectivity index is 4.32. The molecule has 6 heteroatoms. The minimum atomic E-state index is -0.785. The molecule has 0 bridgehead atoms. The average Bonchev–Trinajstić information content (AvgIpc) is 3.23. The third-order valence-electron chi connectivity index (χ3n) is 11.2. The number of hydrogen-bond acceptors (Lipinski definition) is 6. The standard InChI is InChI=1S/C53H96O6/c1-4-7-10-13-16-19-22-24-25-26-27-28-29-32-34-37-40-43-46-52(55)58-49-50(48-57-51(54)45-42-39-36-33-30-21-18-15-12-9-6-3)59-53(56)47-44-41-38-35-31-23-20-17-14-11-8-5-2/h8,11,17,20,31,35,50H,4-7,9-10,12-16,18-19,21-30,32-34,36-49H2,1-3H3/b11-8-,20-17-,35-31-. The minimum absolute atomic E-state index is 0.0835. The minimum Gasteiger partial charge on any atom is -0.462 e. The van der Waals surface area contributed by atoms with E-state index in [1.807, 2.05) is 0 Å². The molecule has 0 rings (SSSR count). The van der Waals surface area contributed by atoms with Gasteiger partial charge >= 0.3 is 17.9 Å². The number of esters is 3. The van der Waals surface area contributed by atoms with Gasteiger partial charge in [-0.25, -0.2) is 0 Å². The van der Waals surface area contributed by atoms with Crippen molar-refractivity contribution in [3.8, 4) is 0 Å². The molecule has 0 amide bonds. The highest BCUT2D eigenvalue weighted by atomic mass is 16.6. The average molecular weight is 829 g/mol. The van der Waals surface area contributed by atoms with E-state index < -0.39 is 6.10 Å². The second-order valence-electron chi connectivity index (χ2n) is 17.1. The van der Waals surface area contributed by atoms with Gasteiger partial charge in [0, 0.05) is 19.3 Å². The van der Waals surface area contributed by atoms with E-state index in [0.717, 1.165) is 70.6 Å². The molecular weight excluding hydrogens is 733 g/mol. The second kappa shape index (κ2) is 48.3. The molecule has 0 aromatic carbocycles. The van der Waals surface area contributed by atoms with Crippen LogP contribution in [0.5, 0.6) is 0 Å². The van der Waals surface area contributed by atoms with Gasteiger partial charge in [0.1, 0.15) is 13.2 Å². The van der Waals surface area contributed by atoms with E-state index in [1.54, 1.807) is 0 Å². The SMILES string of the molecule is CC/C=C\C/C=C\C/C=C\CCCCC(=O)OC(COC(=O)CCCCCCCCCCCCC)COC(=O)CCCCCCCCCCCCCCCCCCCC. The summed E-state index contributed by atoms with van der Waals surface area (Å²) in [6.45, 7) is 6.50. The molecule has 0 aromatic heterocycles. The van der Waals surface area contributed by atoms with Crippen molar-refractivity contribution in [2.24, 2.45) is 0 Å². The van der Waals surface area contributed by atoms with Crippen molar-refractivity contribution in [3.63, 3.8) is 0 Å². The molecule has 0 fully saturated rings. The van der Waals surface area contributed by atoms with Crippen LogP contribution in [0.3, 0.4) is 0 Å². The number of ether oxygens (including phenoxy) is 3. The van der Waals surface area contributed by atoms with Gasteiger partial charge in [-0.2, -0.15) is 0 Å². The van der Waals surface area contributed by atoms with Crippen LogP contribution in [-0.4, -0.2) is 37.2 Å². The lowest BCUT2D eigenvalue weighted by Crippen LogP contribution is -2.30. The van der Waals surface area contributed by atoms with Crippen LogP contribution in [-0.2, 0) is 28.6 Å². The largest absolute Gasteiger partial charge is 0.462 e. The maximum atomic E-state index is 12.7. The Bertz CT molecular complexity index is 1000. The fourth-order valence-electron chi connectivity index (χ4n) is 7.34. The summed E-state index contributed by atoms with van der Waals surface area (Å²) >= 11 is 0. The van der Waals surface area contributed by atoms with Gasteiger partial charge in [-0.15, -0.1) is 0 Å². The highest BCUT2D eigenvalue weighted by molar-refractivity contribution is 5.71. The van der Waals surface area contributed by atoms with Gasteiger partial charge in [0.15, 0.2) is 6.10 Å². The quantitative estimate of drug-likeness (QED) is 0.0263.